The van der Waals surface area contributed by atoms with Crippen LogP contribution in [0.5, 0.6) is 0 Å². The van der Waals surface area contributed by atoms with E-state index in [9.17, 15) is 10.2 Å². The molecular formula is C23H29N5O2. The molecule has 30 heavy (non-hydrogen) atoms. The minimum absolute atomic E-state index is 0.0216. The van der Waals surface area contributed by atoms with Crippen LogP contribution in [-0.4, -0.2) is 54.5 Å². The molecule has 2 aliphatic heterocycles. The Morgan fingerprint density at radius 2 is 1.90 bits per heavy atom. The number of nitrogens with zero attached hydrogens (tertiary/aromatic N) is 4. The van der Waals surface area contributed by atoms with Crippen LogP contribution in [0.15, 0.2) is 42.9 Å². The monoisotopic (exact) mass is 407 g/mol. The van der Waals surface area contributed by atoms with Crippen molar-refractivity contribution in [1.29, 1.82) is 0 Å². The van der Waals surface area contributed by atoms with Gasteiger partial charge in [0.1, 0.15) is 11.8 Å². The minimum Gasteiger partial charge on any atom is -0.394 e. The molecule has 4 atom stereocenters. The van der Waals surface area contributed by atoms with Crippen molar-refractivity contribution >= 4 is 11.3 Å². The highest BCUT2D eigenvalue weighted by molar-refractivity contribution is 5.73. The molecule has 3 N–H and O–H groups in total. The van der Waals surface area contributed by atoms with Crippen molar-refractivity contribution in [3.05, 3.63) is 59.5 Å². The maximum absolute atomic E-state index is 10.1. The SMILES string of the molecule is Cc1c(CN2[C@@H]3CC[C@H]2C[C@@H](O)C3)cn2ncnc(N[C@H](CO)c3ccccc3)c12. The van der Waals surface area contributed by atoms with Crippen LogP contribution in [0.2, 0.25) is 0 Å². The van der Waals surface area contributed by atoms with E-state index in [1.807, 2.05) is 34.8 Å². The summed E-state index contributed by atoms with van der Waals surface area (Å²) in [5, 5.41) is 27.9. The van der Waals surface area contributed by atoms with Gasteiger partial charge >= 0.3 is 0 Å². The highest BCUT2D eigenvalue weighted by Gasteiger charge is 2.40. The van der Waals surface area contributed by atoms with Gasteiger partial charge in [0.05, 0.1) is 18.8 Å². The smallest absolute Gasteiger partial charge is 0.154 e. The molecule has 5 rings (SSSR count). The summed E-state index contributed by atoms with van der Waals surface area (Å²) in [5.41, 5.74) is 4.37. The van der Waals surface area contributed by atoms with Crippen LogP contribution in [0.3, 0.4) is 0 Å². The molecule has 0 aliphatic carbocycles. The van der Waals surface area contributed by atoms with Crippen LogP contribution in [0.4, 0.5) is 5.82 Å². The van der Waals surface area contributed by atoms with Gasteiger partial charge in [0, 0.05) is 24.8 Å². The van der Waals surface area contributed by atoms with Gasteiger partial charge in [-0.25, -0.2) is 9.50 Å². The summed E-state index contributed by atoms with van der Waals surface area (Å²) in [7, 11) is 0. The van der Waals surface area contributed by atoms with Crippen LogP contribution in [-0.2, 0) is 6.54 Å². The molecule has 0 amide bonds. The average Bonchev–Trinajstić information content (AvgIpc) is 3.20. The number of piperidine rings is 1. The molecule has 2 bridgehead atoms. The molecule has 7 heteroatoms. The van der Waals surface area contributed by atoms with Crippen molar-refractivity contribution in [1.82, 2.24) is 19.5 Å². The highest BCUT2D eigenvalue weighted by Crippen LogP contribution is 2.38. The van der Waals surface area contributed by atoms with Gasteiger partial charge in [0.15, 0.2) is 5.82 Å². The molecule has 2 saturated heterocycles. The summed E-state index contributed by atoms with van der Waals surface area (Å²) in [6.45, 7) is 2.97. The number of hydrogen-bond donors (Lipinski definition) is 3. The molecule has 7 nitrogen and oxygen atoms in total. The molecule has 2 fully saturated rings. The van der Waals surface area contributed by atoms with E-state index in [2.05, 4.69) is 33.4 Å². The maximum atomic E-state index is 10.1. The first kappa shape index (κ1) is 19.5. The summed E-state index contributed by atoms with van der Waals surface area (Å²) < 4.78 is 1.89. The van der Waals surface area contributed by atoms with Gasteiger partial charge in [-0.3, -0.25) is 4.90 Å². The zero-order valence-electron chi connectivity index (χ0n) is 17.3. The molecular weight excluding hydrogens is 378 g/mol. The summed E-state index contributed by atoms with van der Waals surface area (Å²) in [4.78, 5) is 7.06. The fourth-order valence-corrected chi connectivity index (χ4v) is 5.26. The number of hydrogen-bond acceptors (Lipinski definition) is 6. The van der Waals surface area contributed by atoms with Crippen LogP contribution in [0.25, 0.3) is 5.52 Å². The van der Waals surface area contributed by atoms with E-state index in [0.717, 1.165) is 41.8 Å². The zero-order chi connectivity index (χ0) is 20.7. The molecule has 158 valence electrons. The number of nitrogens with one attached hydrogen (secondary N) is 1. The Morgan fingerprint density at radius 3 is 2.60 bits per heavy atom. The first-order chi connectivity index (χ1) is 14.6. The maximum Gasteiger partial charge on any atom is 0.154 e. The number of benzene rings is 1. The van der Waals surface area contributed by atoms with Crippen molar-refractivity contribution < 1.29 is 10.2 Å². The number of aryl methyl sites for hydroxylation is 1. The molecule has 0 spiro atoms. The number of aromatic nitrogens is 3. The van der Waals surface area contributed by atoms with E-state index in [0.29, 0.717) is 12.1 Å². The molecule has 0 unspecified atom stereocenters. The van der Waals surface area contributed by atoms with E-state index in [4.69, 9.17) is 0 Å². The van der Waals surface area contributed by atoms with E-state index in [1.165, 1.54) is 18.4 Å². The fourth-order valence-electron chi connectivity index (χ4n) is 5.26. The van der Waals surface area contributed by atoms with E-state index in [-0.39, 0.29) is 18.8 Å². The van der Waals surface area contributed by atoms with Crippen molar-refractivity contribution in [2.45, 2.75) is 63.4 Å². The van der Waals surface area contributed by atoms with Crippen molar-refractivity contribution in [3.63, 3.8) is 0 Å². The second-order valence-corrected chi connectivity index (χ2v) is 8.65. The largest absolute Gasteiger partial charge is 0.394 e. The van der Waals surface area contributed by atoms with Crippen LogP contribution in [0.1, 0.15) is 48.4 Å². The predicted octanol–water partition coefficient (Wildman–Crippen LogP) is 2.67. The van der Waals surface area contributed by atoms with Crippen molar-refractivity contribution in [2.75, 3.05) is 11.9 Å². The number of aliphatic hydroxyl groups excluding tert-OH is 2. The summed E-state index contributed by atoms with van der Waals surface area (Å²) in [6.07, 6.45) is 7.61. The Hall–Kier alpha value is -2.48. The third-order valence-electron chi connectivity index (χ3n) is 6.84. The van der Waals surface area contributed by atoms with Gasteiger partial charge in [-0.05, 0) is 49.3 Å². The molecule has 4 heterocycles. The van der Waals surface area contributed by atoms with Gasteiger partial charge in [-0.2, -0.15) is 5.10 Å². The molecule has 2 aliphatic rings. The van der Waals surface area contributed by atoms with Crippen LogP contribution in [0, 0.1) is 6.92 Å². The Balaban J connectivity index is 1.44. The lowest BCUT2D eigenvalue weighted by atomic mass is 9.99. The topological polar surface area (TPSA) is 85.9 Å². The van der Waals surface area contributed by atoms with Crippen molar-refractivity contribution in [3.8, 4) is 0 Å². The third kappa shape index (κ3) is 3.47. The number of aliphatic hydroxyl groups is 2. The Labute approximate surface area is 176 Å². The van der Waals surface area contributed by atoms with Gasteiger partial charge in [-0.15, -0.1) is 0 Å². The standard InChI is InChI=1S/C23H29N5O2/c1-15-17(11-27-18-7-8-19(27)10-20(30)9-18)12-28-22(15)23(24-14-25-28)26-21(13-29)16-5-3-2-4-6-16/h2-6,12,14,18-21,29-30H,7-11,13H2,1H3,(H,24,25,26)/t18-,19+,20+,21-/m1/s1. The summed E-state index contributed by atoms with van der Waals surface area (Å²) >= 11 is 0. The summed E-state index contributed by atoms with van der Waals surface area (Å²) in [6, 6.07) is 10.6. The second kappa shape index (κ2) is 7.98. The first-order valence-corrected chi connectivity index (χ1v) is 10.8. The lowest BCUT2D eigenvalue weighted by molar-refractivity contribution is 0.0309. The highest BCUT2D eigenvalue weighted by atomic mass is 16.3. The molecule has 3 aromatic rings. The number of fused-ring (bicyclic) bond motifs is 3. The van der Waals surface area contributed by atoms with Crippen molar-refractivity contribution in [2.24, 2.45) is 0 Å². The molecule has 1 aromatic carbocycles. The van der Waals surface area contributed by atoms with Crippen LogP contribution >= 0.6 is 0 Å². The lowest BCUT2D eigenvalue weighted by Crippen LogP contribution is -2.44. The lowest BCUT2D eigenvalue weighted by Gasteiger charge is -2.37. The second-order valence-electron chi connectivity index (χ2n) is 8.65. The molecule has 0 saturated carbocycles. The van der Waals surface area contributed by atoms with E-state index < -0.39 is 0 Å². The Morgan fingerprint density at radius 1 is 1.17 bits per heavy atom. The Kier molecular flexibility index (Phi) is 5.18. The predicted molar refractivity (Wildman–Crippen MR) is 115 cm³/mol. The van der Waals surface area contributed by atoms with Gasteiger partial charge in [0.25, 0.3) is 0 Å². The average molecular weight is 408 g/mol. The zero-order valence-corrected chi connectivity index (χ0v) is 17.3. The van der Waals surface area contributed by atoms with Gasteiger partial charge in [0.2, 0.25) is 0 Å². The van der Waals surface area contributed by atoms with Crippen LogP contribution < -0.4 is 5.32 Å². The minimum atomic E-state index is -0.234. The molecule has 2 aromatic heterocycles. The van der Waals surface area contributed by atoms with Gasteiger partial charge in [-0.1, -0.05) is 30.3 Å². The summed E-state index contributed by atoms with van der Waals surface area (Å²) in [5.74, 6) is 0.730. The number of anilines is 1. The molecule has 0 radical (unpaired) electrons. The quantitative estimate of drug-likeness (QED) is 0.583. The van der Waals surface area contributed by atoms with E-state index in [1.54, 1.807) is 6.33 Å². The third-order valence-corrected chi connectivity index (χ3v) is 6.84. The van der Waals surface area contributed by atoms with E-state index >= 15 is 0 Å². The fraction of sp³-hybridized carbons (Fsp3) is 0.478. The van der Waals surface area contributed by atoms with Gasteiger partial charge < -0.3 is 15.5 Å². The Bertz CT molecular complexity index is 1010. The normalized spacial score (nSPS) is 25.0. The number of rotatable bonds is 6. The first-order valence-electron chi connectivity index (χ1n) is 10.8.